The maximum absolute atomic E-state index is 10.3. The Morgan fingerprint density at radius 3 is 3.11 bits per heavy atom. The first-order valence-electron chi connectivity index (χ1n) is 6.12. The summed E-state index contributed by atoms with van der Waals surface area (Å²) < 4.78 is 0. The molecular formula is C14H14ClNOS. The van der Waals surface area contributed by atoms with Gasteiger partial charge in [0.25, 0.3) is 0 Å². The number of aryl methyl sites for hydroxylation is 2. The van der Waals surface area contributed by atoms with Crippen LogP contribution in [-0.2, 0) is 19.3 Å². The Morgan fingerprint density at radius 1 is 1.44 bits per heavy atom. The molecule has 0 bridgehead atoms. The molecule has 1 aliphatic carbocycles. The molecule has 0 fully saturated rings. The SMILES string of the molecule is OC(Cc1ccncc1Cl)c1cc2c(s1)CCC2. The zero-order valence-corrected chi connectivity index (χ0v) is 11.5. The van der Waals surface area contributed by atoms with E-state index in [4.69, 9.17) is 11.6 Å². The van der Waals surface area contributed by atoms with Crippen molar-refractivity contribution in [2.45, 2.75) is 31.8 Å². The molecule has 1 unspecified atom stereocenters. The highest BCUT2D eigenvalue weighted by molar-refractivity contribution is 7.12. The number of hydrogen-bond donors (Lipinski definition) is 1. The summed E-state index contributed by atoms with van der Waals surface area (Å²) in [4.78, 5) is 6.47. The molecule has 1 N–H and O–H groups in total. The number of halogens is 1. The smallest absolute Gasteiger partial charge is 0.0922 e. The van der Waals surface area contributed by atoms with Crippen LogP contribution in [-0.4, -0.2) is 10.1 Å². The molecule has 1 aliphatic rings. The standard InChI is InChI=1S/C14H14ClNOS/c15-11-8-16-5-4-9(11)6-12(17)14-7-10-2-1-3-13(10)18-14/h4-5,7-8,12,17H,1-3,6H2. The van der Waals surface area contributed by atoms with E-state index in [0.29, 0.717) is 11.4 Å². The van der Waals surface area contributed by atoms with Crippen LogP contribution in [0, 0.1) is 0 Å². The van der Waals surface area contributed by atoms with E-state index in [2.05, 4.69) is 11.1 Å². The lowest BCUT2D eigenvalue weighted by molar-refractivity contribution is 0.182. The van der Waals surface area contributed by atoms with Gasteiger partial charge in [-0.25, -0.2) is 0 Å². The van der Waals surface area contributed by atoms with Gasteiger partial charge in [0, 0.05) is 28.6 Å². The van der Waals surface area contributed by atoms with Gasteiger partial charge < -0.3 is 5.11 Å². The minimum absolute atomic E-state index is 0.458. The summed E-state index contributed by atoms with van der Waals surface area (Å²) in [5.74, 6) is 0. The molecule has 4 heteroatoms. The first kappa shape index (κ1) is 12.2. The molecule has 0 amide bonds. The zero-order chi connectivity index (χ0) is 12.5. The Bertz CT molecular complexity index is 545. The number of nitrogens with zero attached hydrogens (tertiary/aromatic N) is 1. The predicted octanol–water partition coefficient (Wildman–Crippen LogP) is 3.56. The van der Waals surface area contributed by atoms with Crippen molar-refractivity contribution in [2.75, 3.05) is 0 Å². The van der Waals surface area contributed by atoms with Crippen molar-refractivity contribution in [1.29, 1.82) is 0 Å². The number of fused-ring (bicyclic) bond motifs is 1. The van der Waals surface area contributed by atoms with Gasteiger partial charge >= 0.3 is 0 Å². The summed E-state index contributed by atoms with van der Waals surface area (Å²) >= 11 is 7.81. The van der Waals surface area contributed by atoms with Crippen molar-refractivity contribution < 1.29 is 5.11 Å². The van der Waals surface area contributed by atoms with Crippen LogP contribution in [0.1, 0.15) is 33.4 Å². The highest BCUT2D eigenvalue weighted by atomic mass is 35.5. The molecule has 0 aromatic carbocycles. The Hall–Kier alpha value is -0.900. The molecule has 0 spiro atoms. The van der Waals surface area contributed by atoms with Crippen LogP contribution in [0.15, 0.2) is 24.5 Å². The van der Waals surface area contributed by atoms with Crippen molar-refractivity contribution in [2.24, 2.45) is 0 Å². The van der Waals surface area contributed by atoms with E-state index >= 15 is 0 Å². The van der Waals surface area contributed by atoms with E-state index in [1.54, 1.807) is 23.7 Å². The minimum Gasteiger partial charge on any atom is -0.387 e. The van der Waals surface area contributed by atoms with Crippen molar-refractivity contribution in [3.63, 3.8) is 0 Å². The van der Waals surface area contributed by atoms with Crippen molar-refractivity contribution >= 4 is 22.9 Å². The number of rotatable bonds is 3. The molecule has 2 nitrogen and oxygen atoms in total. The summed E-state index contributed by atoms with van der Waals surface area (Å²) in [6, 6.07) is 4.03. The quantitative estimate of drug-likeness (QED) is 0.932. The molecule has 2 heterocycles. The molecule has 0 aliphatic heterocycles. The van der Waals surface area contributed by atoms with Gasteiger partial charge in [-0.2, -0.15) is 0 Å². The molecular weight excluding hydrogens is 266 g/mol. The third-order valence-corrected chi connectivity index (χ3v) is 5.04. The zero-order valence-electron chi connectivity index (χ0n) is 9.90. The van der Waals surface area contributed by atoms with Gasteiger partial charge in [0.05, 0.1) is 11.1 Å². The van der Waals surface area contributed by atoms with Crippen LogP contribution in [0.25, 0.3) is 0 Å². The second kappa shape index (κ2) is 5.00. The predicted molar refractivity (Wildman–Crippen MR) is 74.3 cm³/mol. The van der Waals surface area contributed by atoms with Gasteiger partial charge in [0.2, 0.25) is 0 Å². The molecule has 0 radical (unpaired) electrons. The van der Waals surface area contributed by atoms with Gasteiger partial charge in [-0.1, -0.05) is 11.6 Å². The highest BCUT2D eigenvalue weighted by Gasteiger charge is 2.19. The second-order valence-electron chi connectivity index (χ2n) is 4.64. The average Bonchev–Trinajstić information content (AvgIpc) is 2.92. The monoisotopic (exact) mass is 279 g/mol. The van der Waals surface area contributed by atoms with E-state index in [9.17, 15) is 5.11 Å². The molecule has 0 saturated carbocycles. The van der Waals surface area contributed by atoms with Crippen molar-refractivity contribution in [3.8, 4) is 0 Å². The Morgan fingerprint density at radius 2 is 2.33 bits per heavy atom. The van der Waals surface area contributed by atoms with Gasteiger partial charge in [0.1, 0.15) is 0 Å². The number of aliphatic hydroxyl groups is 1. The fraction of sp³-hybridized carbons (Fsp3) is 0.357. The first-order valence-corrected chi connectivity index (χ1v) is 7.31. The normalized spacial score (nSPS) is 15.7. The number of aromatic nitrogens is 1. The lowest BCUT2D eigenvalue weighted by atomic mass is 10.1. The van der Waals surface area contributed by atoms with Crippen LogP contribution < -0.4 is 0 Å². The van der Waals surface area contributed by atoms with Crippen LogP contribution in [0.3, 0.4) is 0 Å². The summed E-state index contributed by atoms with van der Waals surface area (Å²) in [7, 11) is 0. The Balaban J connectivity index is 1.78. The lowest BCUT2D eigenvalue weighted by Crippen LogP contribution is -2.00. The summed E-state index contributed by atoms with van der Waals surface area (Å²) in [6.07, 6.45) is 7.02. The van der Waals surface area contributed by atoms with Crippen molar-refractivity contribution in [1.82, 2.24) is 4.98 Å². The van der Waals surface area contributed by atoms with Crippen molar-refractivity contribution in [3.05, 3.63) is 50.4 Å². The molecule has 3 rings (SSSR count). The third-order valence-electron chi connectivity index (χ3n) is 3.36. The van der Waals surface area contributed by atoms with E-state index < -0.39 is 6.10 Å². The molecule has 94 valence electrons. The van der Waals surface area contributed by atoms with Gasteiger partial charge in [0.15, 0.2) is 0 Å². The van der Waals surface area contributed by atoms with Gasteiger partial charge in [-0.3, -0.25) is 4.98 Å². The fourth-order valence-electron chi connectivity index (χ4n) is 2.39. The van der Waals surface area contributed by atoms with E-state index in [1.807, 2.05) is 6.07 Å². The molecule has 18 heavy (non-hydrogen) atoms. The number of aliphatic hydroxyl groups excluding tert-OH is 1. The molecule has 2 aromatic rings. The van der Waals surface area contributed by atoms with Crippen LogP contribution in [0.4, 0.5) is 0 Å². The molecule has 1 atom stereocenters. The number of thiophene rings is 1. The largest absolute Gasteiger partial charge is 0.387 e. The summed E-state index contributed by atoms with van der Waals surface area (Å²) in [5.41, 5.74) is 2.38. The Labute approximate surface area is 115 Å². The second-order valence-corrected chi connectivity index (χ2v) is 6.21. The minimum atomic E-state index is -0.458. The van der Waals surface area contributed by atoms with E-state index in [0.717, 1.165) is 16.9 Å². The fourth-order valence-corrected chi connectivity index (χ4v) is 3.83. The average molecular weight is 280 g/mol. The maximum Gasteiger partial charge on any atom is 0.0922 e. The summed E-state index contributed by atoms with van der Waals surface area (Å²) in [5, 5.41) is 10.9. The maximum atomic E-state index is 10.3. The third kappa shape index (κ3) is 2.30. The highest BCUT2D eigenvalue weighted by Crippen LogP contribution is 2.35. The van der Waals surface area contributed by atoms with E-state index in [1.165, 1.54) is 23.3 Å². The first-order chi connectivity index (χ1) is 8.74. The van der Waals surface area contributed by atoms with Crippen LogP contribution >= 0.6 is 22.9 Å². The number of pyridine rings is 1. The molecule has 0 saturated heterocycles. The lowest BCUT2D eigenvalue weighted by Gasteiger charge is -2.09. The molecule has 2 aromatic heterocycles. The van der Waals surface area contributed by atoms with Crippen LogP contribution in [0.2, 0.25) is 5.02 Å². The van der Waals surface area contributed by atoms with Gasteiger partial charge in [-0.15, -0.1) is 11.3 Å². The van der Waals surface area contributed by atoms with E-state index in [-0.39, 0.29) is 0 Å². The summed E-state index contributed by atoms with van der Waals surface area (Å²) in [6.45, 7) is 0. The Kier molecular flexibility index (Phi) is 3.37. The van der Waals surface area contributed by atoms with Crippen LogP contribution in [0.5, 0.6) is 0 Å². The van der Waals surface area contributed by atoms with Gasteiger partial charge in [-0.05, 0) is 42.5 Å². The topological polar surface area (TPSA) is 33.1 Å². The number of hydrogen-bond acceptors (Lipinski definition) is 3.